The molecule has 16 heavy (non-hydrogen) atoms. The van der Waals surface area contributed by atoms with E-state index in [0.717, 1.165) is 25.7 Å². The van der Waals surface area contributed by atoms with E-state index in [9.17, 15) is 9.90 Å². The molecular weight excluding hydrogens is 204 g/mol. The van der Waals surface area contributed by atoms with Crippen molar-refractivity contribution in [1.82, 2.24) is 5.32 Å². The van der Waals surface area contributed by atoms with E-state index in [2.05, 4.69) is 5.32 Å². The van der Waals surface area contributed by atoms with Crippen molar-refractivity contribution in [1.29, 1.82) is 0 Å². The van der Waals surface area contributed by atoms with Gasteiger partial charge in [-0.2, -0.15) is 0 Å². The van der Waals surface area contributed by atoms with Crippen molar-refractivity contribution in [3.63, 3.8) is 0 Å². The van der Waals surface area contributed by atoms with Gasteiger partial charge in [-0.25, -0.2) is 0 Å². The number of nitrogens with one attached hydrogen (secondary N) is 1. The molecule has 0 aromatic rings. The maximum atomic E-state index is 11.7. The van der Waals surface area contributed by atoms with Crippen LogP contribution in [-0.2, 0) is 4.79 Å². The van der Waals surface area contributed by atoms with Gasteiger partial charge in [0.25, 0.3) is 0 Å². The molecule has 1 fully saturated rings. The Bertz CT molecular complexity index is 231. The van der Waals surface area contributed by atoms with E-state index in [0.29, 0.717) is 12.3 Å². The lowest BCUT2D eigenvalue weighted by molar-refractivity contribution is -0.124. The lowest BCUT2D eigenvalue weighted by atomic mass is 9.92. The van der Waals surface area contributed by atoms with Gasteiger partial charge in [0.15, 0.2) is 0 Å². The highest BCUT2D eigenvalue weighted by molar-refractivity contribution is 5.81. The molecule has 4 N–H and O–H groups in total. The molecule has 1 amide bonds. The van der Waals surface area contributed by atoms with E-state index < -0.39 is 12.1 Å². The van der Waals surface area contributed by atoms with Crippen LogP contribution >= 0.6 is 0 Å². The Labute approximate surface area is 97.6 Å². The summed E-state index contributed by atoms with van der Waals surface area (Å²) in [5.74, 6) is 0.289. The monoisotopic (exact) mass is 228 g/mol. The summed E-state index contributed by atoms with van der Waals surface area (Å²) in [6, 6.07) is -0.548. The second kappa shape index (κ2) is 6.21. The largest absolute Gasteiger partial charge is 0.391 e. The lowest BCUT2D eigenvalue weighted by Gasteiger charge is -2.29. The Morgan fingerprint density at radius 1 is 1.44 bits per heavy atom. The fourth-order valence-electron chi connectivity index (χ4n) is 2.18. The number of carbonyl (C=O) groups is 1. The third-order valence-electron chi connectivity index (χ3n) is 3.12. The number of aliphatic hydroxyl groups excluding tert-OH is 1. The maximum absolute atomic E-state index is 11.7. The van der Waals surface area contributed by atoms with Gasteiger partial charge < -0.3 is 16.2 Å². The molecule has 0 bridgehead atoms. The highest BCUT2D eigenvalue weighted by atomic mass is 16.3. The van der Waals surface area contributed by atoms with Gasteiger partial charge in [0.05, 0.1) is 18.2 Å². The molecule has 4 nitrogen and oxygen atoms in total. The quantitative estimate of drug-likeness (QED) is 0.665. The number of aliphatic hydroxyl groups is 1. The molecule has 94 valence electrons. The van der Waals surface area contributed by atoms with E-state index >= 15 is 0 Å². The number of nitrogens with two attached hydrogens (primary N) is 1. The number of rotatable bonds is 4. The fraction of sp³-hybridized carbons (Fsp3) is 0.917. The van der Waals surface area contributed by atoms with E-state index in [1.807, 2.05) is 13.8 Å². The van der Waals surface area contributed by atoms with E-state index in [1.165, 1.54) is 0 Å². The predicted molar refractivity (Wildman–Crippen MR) is 63.8 cm³/mol. The third kappa shape index (κ3) is 4.10. The van der Waals surface area contributed by atoms with Crippen molar-refractivity contribution in [3.05, 3.63) is 0 Å². The van der Waals surface area contributed by atoms with Gasteiger partial charge >= 0.3 is 0 Å². The lowest BCUT2D eigenvalue weighted by Crippen LogP contribution is -2.51. The summed E-state index contributed by atoms with van der Waals surface area (Å²) in [6.45, 7) is 4.09. The molecule has 3 unspecified atom stereocenters. The molecule has 0 spiro atoms. The zero-order valence-corrected chi connectivity index (χ0v) is 10.3. The molecule has 0 aliphatic heterocycles. The first-order chi connectivity index (χ1) is 7.50. The van der Waals surface area contributed by atoms with Crippen LogP contribution in [0.5, 0.6) is 0 Å². The highest BCUT2D eigenvalue weighted by Gasteiger charge is 2.26. The molecule has 0 saturated heterocycles. The van der Waals surface area contributed by atoms with Gasteiger partial charge in [-0.05, 0) is 25.2 Å². The molecule has 1 aliphatic rings. The average Bonchev–Trinajstić information content (AvgIpc) is 2.20. The minimum Gasteiger partial charge on any atom is -0.391 e. The van der Waals surface area contributed by atoms with Crippen LogP contribution in [0.25, 0.3) is 0 Å². The van der Waals surface area contributed by atoms with Gasteiger partial charge in [0, 0.05) is 0 Å². The van der Waals surface area contributed by atoms with Crippen molar-refractivity contribution < 1.29 is 9.90 Å². The molecule has 0 radical (unpaired) electrons. The van der Waals surface area contributed by atoms with Crippen molar-refractivity contribution in [2.45, 2.75) is 64.1 Å². The predicted octanol–water partition coefficient (Wildman–Crippen LogP) is 0.779. The summed E-state index contributed by atoms with van der Waals surface area (Å²) >= 11 is 0. The van der Waals surface area contributed by atoms with Gasteiger partial charge in [-0.3, -0.25) is 4.79 Å². The smallest absolute Gasteiger partial charge is 0.237 e. The number of carbonyl (C=O) groups excluding carboxylic acids is 1. The number of hydrogen-bond donors (Lipinski definition) is 3. The van der Waals surface area contributed by atoms with E-state index in [1.54, 1.807) is 0 Å². The summed E-state index contributed by atoms with van der Waals surface area (Å²) in [6.07, 6.45) is 4.05. The van der Waals surface area contributed by atoms with Crippen LogP contribution in [0.3, 0.4) is 0 Å². The van der Waals surface area contributed by atoms with Crippen LogP contribution in [0.15, 0.2) is 0 Å². The summed E-state index contributed by atoms with van der Waals surface area (Å²) < 4.78 is 0. The molecule has 1 aliphatic carbocycles. The number of hydrogen-bond acceptors (Lipinski definition) is 3. The molecule has 1 saturated carbocycles. The molecule has 1 rings (SSSR count). The minimum absolute atomic E-state index is 0.0977. The summed E-state index contributed by atoms with van der Waals surface area (Å²) in [5, 5.41) is 12.6. The summed E-state index contributed by atoms with van der Waals surface area (Å²) in [4.78, 5) is 11.7. The van der Waals surface area contributed by atoms with Crippen molar-refractivity contribution in [2.24, 2.45) is 11.7 Å². The molecule has 0 aromatic heterocycles. The average molecular weight is 228 g/mol. The molecular formula is C12H24N2O2. The van der Waals surface area contributed by atoms with E-state index in [4.69, 9.17) is 5.73 Å². The Hall–Kier alpha value is -0.610. The van der Waals surface area contributed by atoms with Gasteiger partial charge in [0.2, 0.25) is 5.91 Å². The van der Waals surface area contributed by atoms with Crippen LogP contribution < -0.4 is 11.1 Å². The first-order valence-electron chi connectivity index (χ1n) is 6.24. The zero-order chi connectivity index (χ0) is 12.1. The maximum Gasteiger partial charge on any atom is 0.237 e. The molecule has 0 heterocycles. The van der Waals surface area contributed by atoms with E-state index in [-0.39, 0.29) is 11.9 Å². The SMILES string of the molecule is CC(C)CC(N)C(=O)NC1CCCCC1O. The number of amides is 1. The standard InChI is InChI=1S/C12H24N2O2/c1-8(2)7-9(13)12(16)14-10-5-3-4-6-11(10)15/h8-11,15H,3-7,13H2,1-2H3,(H,14,16). The third-order valence-corrected chi connectivity index (χ3v) is 3.12. The Balaban J connectivity index is 2.37. The minimum atomic E-state index is -0.450. The van der Waals surface area contributed by atoms with Crippen LogP contribution in [-0.4, -0.2) is 29.2 Å². The fourth-order valence-corrected chi connectivity index (χ4v) is 2.18. The Morgan fingerprint density at radius 3 is 2.62 bits per heavy atom. The van der Waals surface area contributed by atoms with Crippen LogP contribution in [0, 0.1) is 5.92 Å². The van der Waals surface area contributed by atoms with Crippen LogP contribution in [0.1, 0.15) is 46.0 Å². The second-order valence-corrected chi connectivity index (χ2v) is 5.20. The first-order valence-corrected chi connectivity index (χ1v) is 6.24. The van der Waals surface area contributed by atoms with Gasteiger partial charge in [-0.15, -0.1) is 0 Å². The summed E-state index contributed by atoms with van der Waals surface area (Å²) in [5.41, 5.74) is 5.79. The van der Waals surface area contributed by atoms with Crippen molar-refractivity contribution in [3.8, 4) is 0 Å². The highest BCUT2D eigenvalue weighted by Crippen LogP contribution is 2.18. The van der Waals surface area contributed by atoms with Gasteiger partial charge in [0.1, 0.15) is 0 Å². The normalized spacial score (nSPS) is 27.8. The van der Waals surface area contributed by atoms with Gasteiger partial charge in [-0.1, -0.05) is 26.7 Å². The molecule has 4 heteroatoms. The molecule has 3 atom stereocenters. The second-order valence-electron chi connectivity index (χ2n) is 5.20. The van der Waals surface area contributed by atoms with Crippen molar-refractivity contribution in [2.75, 3.05) is 0 Å². The van der Waals surface area contributed by atoms with Crippen LogP contribution in [0.2, 0.25) is 0 Å². The molecule has 0 aromatic carbocycles. The van der Waals surface area contributed by atoms with Crippen LogP contribution in [0.4, 0.5) is 0 Å². The Morgan fingerprint density at radius 2 is 2.06 bits per heavy atom. The summed E-state index contributed by atoms with van der Waals surface area (Å²) in [7, 11) is 0. The zero-order valence-electron chi connectivity index (χ0n) is 10.3. The Kier molecular flexibility index (Phi) is 5.22. The first kappa shape index (κ1) is 13.5. The topological polar surface area (TPSA) is 75.4 Å². The van der Waals surface area contributed by atoms with Crippen molar-refractivity contribution >= 4 is 5.91 Å².